The van der Waals surface area contributed by atoms with Gasteiger partial charge in [0, 0.05) is 0 Å². The fourth-order valence-corrected chi connectivity index (χ4v) is 1.28. The minimum absolute atomic E-state index is 0.350. The first kappa shape index (κ1) is 11.5. The van der Waals surface area contributed by atoms with Crippen molar-refractivity contribution < 1.29 is 19.9 Å². The molecule has 0 bridgehead atoms. The number of rotatable bonds is 3. The van der Waals surface area contributed by atoms with E-state index in [1.54, 1.807) is 0 Å². The van der Waals surface area contributed by atoms with E-state index < -0.39 is 22.8 Å². The molecule has 0 spiro atoms. The number of nitrogens with zero attached hydrogens (tertiary/aromatic N) is 2. The summed E-state index contributed by atoms with van der Waals surface area (Å²) in [5, 5.41) is 28.2. The molecule has 15 heavy (non-hydrogen) atoms. The zero-order valence-corrected chi connectivity index (χ0v) is 8.71. The van der Waals surface area contributed by atoms with Crippen molar-refractivity contribution in [2.45, 2.75) is 6.10 Å². The SMILES string of the molecule is O=C(O)C(O)c1cc(Br)cnc1[N+](=O)[O-]. The van der Waals surface area contributed by atoms with Crippen LogP contribution in [0.25, 0.3) is 0 Å². The molecule has 1 atom stereocenters. The Labute approximate surface area is 91.7 Å². The van der Waals surface area contributed by atoms with Gasteiger partial charge in [0.15, 0.2) is 12.3 Å². The quantitative estimate of drug-likeness (QED) is 0.626. The number of nitro groups is 1. The van der Waals surface area contributed by atoms with Crippen LogP contribution in [0.3, 0.4) is 0 Å². The molecule has 0 aliphatic heterocycles. The third-order valence-corrected chi connectivity index (χ3v) is 2.00. The van der Waals surface area contributed by atoms with E-state index in [4.69, 9.17) is 5.11 Å². The van der Waals surface area contributed by atoms with Crippen molar-refractivity contribution in [3.63, 3.8) is 0 Å². The Kier molecular flexibility index (Phi) is 3.32. The summed E-state index contributed by atoms with van der Waals surface area (Å²) in [5.41, 5.74) is -0.359. The lowest BCUT2D eigenvalue weighted by Gasteiger charge is -2.05. The topological polar surface area (TPSA) is 114 Å². The van der Waals surface area contributed by atoms with Gasteiger partial charge in [0.05, 0.1) is 10.0 Å². The number of hydrogen-bond donors (Lipinski definition) is 2. The molecule has 1 rings (SSSR count). The number of aliphatic hydroxyl groups excluding tert-OH is 1. The Balaban J connectivity index is 3.30. The number of hydrogen-bond acceptors (Lipinski definition) is 5. The molecule has 7 nitrogen and oxygen atoms in total. The van der Waals surface area contributed by atoms with Gasteiger partial charge >= 0.3 is 11.8 Å². The average molecular weight is 277 g/mol. The number of pyridine rings is 1. The maximum absolute atomic E-state index is 10.5. The second-order valence-corrected chi connectivity index (χ2v) is 3.48. The molecule has 1 aromatic rings. The normalized spacial score (nSPS) is 12.1. The molecule has 0 aromatic carbocycles. The molecule has 0 saturated heterocycles. The molecule has 0 fully saturated rings. The summed E-state index contributed by atoms with van der Waals surface area (Å²) < 4.78 is 0.350. The van der Waals surface area contributed by atoms with Gasteiger partial charge in [0.1, 0.15) is 0 Å². The molecule has 0 aliphatic rings. The van der Waals surface area contributed by atoms with Gasteiger partial charge in [-0.2, -0.15) is 0 Å². The average Bonchev–Trinajstić information content (AvgIpc) is 2.15. The number of carbonyl (C=O) groups is 1. The highest BCUT2D eigenvalue weighted by Crippen LogP contribution is 2.25. The smallest absolute Gasteiger partial charge is 0.369 e. The van der Waals surface area contributed by atoms with E-state index >= 15 is 0 Å². The third-order valence-electron chi connectivity index (χ3n) is 1.56. The summed E-state index contributed by atoms with van der Waals surface area (Å²) in [6, 6.07) is 1.14. The molecule has 8 heteroatoms. The Morgan fingerprint density at radius 1 is 1.67 bits per heavy atom. The molecule has 0 saturated carbocycles. The third kappa shape index (κ3) is 2.48. The van der Waals surface area contributed by atoms with E-state index in [0.29, 0.717) is 4.47 Å². The van der Waals surface area contributed by atoms with E-state index in [1.807, 2.05) is 0 Å². The second-order valence-electron chi connectivity index (χ2n) is 2.56. The van der Waals surface area contributed by atoms with Gasteiger partial charge in [-0.15, -0.1) is 0 Å². The van der Waals surface area contributed by atoms with Crippen LogP contribution in [0.2, 0.25) is 0 Å². The lowest BCUT2D eigenvalue weighted by Crippen LogP contribution is -2.13. The number of carboxylic acids is 1. The number of aliphatic carboxylic acids is 1. The largest absolute Gasteiger partial charge is 0.479 e. The Morgan fingerprint density at radius 3 is 2.73 bits per heavy atom. The summed E-state index contributed by atoms with van der Waals surface area (Å²) in [5.74, 6) is -2.24. The first-order valence-electron chi connectivity index (χ1n) is 3.64. The van der Waals surface area contributed by atoms with Crippen LogP contribution in [0.5, 0.6) is 0 Å². The van der Waals surface area contributed by atoms with Crippen molar-refractivity contribution in [3.05, 3.63) is 32.4 Å². The Morgan fingerprint density at radius 2 is 2.27 bits per heavy atom. The Bertz CT molecular complexity index is 422. The summed E-state index contributed by atoms with van der Waals surface area (Å²) in [7, 11) is 0. The van der Waals surface area contributed by atoms with Crippen molar-refractivity contribution in [1.82, 2.24) is 4.98 Å². The molecular weight excluding hydrogens is 272 g/mol. The van der Waals surface area contributed by atoms with Crippen LogP contribution in [0.1, 0.15) is 11.7 Å². The number of aliphatic hydroxyl groups is 1. The van der Waals surface area contributed by atoms with Gasteiger partial charge < -0.3 is 20.3 Å². The van der Waals surface area contributed by atoms with Crippen LogP contribution >= 0.6 is 15.9 Å². The van der Waals surface area contributed by atoms with Gasteiger partial charge in [-0.05, 0) is 31.9 Å². The van der Waals surface area contributed by atoms with E-state index in [2.05, 4.69) is 20.9 Å². The van der Waals surface area contributed by atoms with Crippen LogP contribution in [-0.2, 0) is 4.79 Å². The van der Waals surface area contributed by atoms with Crippen LogP contribution in [-0.4, -0.2) is 26.1 Å². The zero-order valence-electron chi connectivity index (χ0n) is 7.12. The predicted molar refractivity (Wildman–Crippen MR) is 51.2 cm³/mol. The highest BCUT2D eigenvalue weighted by Gasteiger charge is 2.27. The summed E-state index contributed by atoms with van der Waals surface area (Å²) in [6.07, 6.45) is -0.814. The van der Waals surface area contributed by atoms with E-state index in [-0.39, 0.29) is 5.56 Å². The molecule has 2 N–H and O–H groups in total. The van der Waals surface area contributed by atoms with Gasteiger partial charge in [-0.3, -0.25) is 0 Å². The van der Waals surface area contributed by atoms with E-state index in [1.165, 1.54) is 0 Å². The summed E-state index contributed by atoms with van der Waals surface area (Å²) >= 11 is 2.97. The zero-order chi connectivity index (χ0) is 11.6. The second kappa shape index (κ2) is 4.32. The maximum Gasteiger partial charge on any atom is 0.369 e. The first-order valence-corrected chi connectivity index (χ1v) is 4.43. The molecule has 0 amide bonds. The van der Waals surface area contributed by atoms with Crippen molar-refractivity contribution in [1.29, 1.82) is 0 Å². The highest BCUT2D eigenvalue weighted by atomic mass is 79.9. The van der Waals surface area contributed by atoms with E-state index in [9.17, 15) is 20.0 Å². The maximum atomic E-state index is 10.5. The van der Waals surface area contributed by atoms with Crippen molar-refractivity contribution in [2.75, 3.05) is 0 Å². The predicted octanol–water partition coefficient (Wildman–Crippen LogP) is 0.870. The van der Waals surface area contributed by atoms with Crippen molar-refractivity contribution >= 4 is 27.7 Å². The molecule has 1 heterocycles. The highest BCUT2D eigenvalue weighted by molar-refractivity contribution is 9.10. The fourth-order valence-electron chi connectivity index (χ4n) is 0.935. The van der Waals surface area contributed by atoms with Gasteiger partial charge in [0.25, 0.3) is 0 Å². The first-order chi connectivity index (χ1) is 6.93. The summed E-state index contributed by atoms with van der Waals surface area (Å²) in [6.45, 7) is 0. The van der Waals surface area contributed by atoms with Crippen LogP contribution in [0.15, 0.2) is 16.7 Å². The van der Waals surface area contributed by atoms with Gasteiger partial charge in [-0.25, -0.2) is 4.79 Å². The number of carboxylic acid groups (broad SMARTS) is 1. The molecule has 1 unspecified atom stereocenters. The molecule has 0 aliphatic carbocycles. The molecule has 80 valence electrons. The van der Waals surface area contributed by atoms with Gasteiger partial charge in [0.2, 0.25) is 0 Å². The van der Waals surface area contributed by atoms with E-state index in [0.717, 1.165) is 12.3 Å². The molecule has 1 aromatic heterocycles. The minimum Gasteiger partial charge on any atom is -0.479 e. The van der Waals surface area contributed by atoms with Crippen LogP contribution in [0.4, 0.5) is 5.82 Å². The number of halogens is 1. The Hall–Kier alpha value is -1.54. The van der Waals surface area contributed by atoms with Gasteiger partial charge in [-0.1, -0.05) is 0 Å². The fraction of sp³-hybridized carbons (Fsp3) is 0.143. The van der Waals surface area contributed by atoms with Crippen molar-refractivity contribution in [2.24, 2.45) is 0 Å². The lowest BCUT2D eigenvalue weighted by molar-refractivity contribution is -0.390. The standard InChI is InChI=1S/C7H5BrN2O5/c8-3-1-4(5(11)7(12)13)6(9-2-3)10(14)15/h1-2,5,11H,(H,12,13). The molecular formula is C7H5BrN2O5. The van der Waals surface area contributed by atoms with Crippen LogP contribution < -0.4 is 0 Å². The van der Waals surface area contributed by atoms with Crippen LogP contribution in [0, 0.1) is 10.1 Å². The summed E-state index contributed by atoms with van der Waals surface area (Å²) in [4.78, 5) is 23.5. The number of aromatic nitrogens is 1. The lowest BCUT2D eigenvalue weighted by atomic mass is 10.1. The van der Waals surface area contributed by atoms with Crippen molar-refractivity contribution in [3.8, 4) is 0 Å². The molecule has 0 radical (unpaired) electrons. The minimum atomic E-state index is -1.96. The monoisotopic (exact) mass is 276 g/mol.